The molecule has 33 heavy (non-hydrogen) atoms. The summed E-state index contributed by atoms with van der Waals surface area (Å²) < 4.78 is 7.43. The van der Waals surface area contributed by atoms with Crippen LogP contribution in [0.5, 0.6) is 0 Å². The van der Waals surface area contributed by atoms with Crippen molar-refractivity contribution in [2.75, 3.05) is 31.1 Å². The van der Waals surface area contributed by atoms with Gasteiger partial charge in [0, 0.05) is 42.8 Å². The Balaban J connectivity index is 0.000000723. The minimum absolute atomic E-state index is 0. The Morgan fingerprint density at radius 3 is 2.52 bits per heavy atom. The normalized spacial score (nSPS) is 12.8. The Labute approximate surface area is 201 Å². The van der Waals surface area contributed by atoms with E-state index in [-0.39, 0.29) is 7.43 Å². The summed E-state index contributed by atoms with van der Waals surface area (Å²) in [5.74, 6) is 0.847. The van der Waals surface area contributed by atoms with Crippen molar-refractivity contribution < 1.29 is 4.42 Å². The number of aromatic nitrogens is 3. The molecule has 0 atom stereocenters. The molecule has 0 bridgehead atoms. The van der Waals surface area contributed by atoms with Gasteiger partial charge in [0.05, 0.1) is 11.3 Å². The predicted molar refractivity (Wildman–Crippen MR) is 143 cm³/mol. The van der Waals surface area contributed by atoms with Gasteiger partial charge in [0.1, 0.15) is 5.82 Å². The first-order valence-electron chi connectivity index (χ1n) is 11.6. The van der Waals surface area contributed by atoms with E-state index in [0.29, 0.717) is 17.0 Å². The number of nitrogens with zero attached hydrogens (tertiary/aromatic N) is 4. The number of thiazole rings is 1. The molecule has 0 radical (unpaired) electrons. The fourth-order valence-electron chi connectivity index (χ4n) is 3.28. The Kier molecular flexibility index (Phi) is 12.4. The van der Waals surface area contributed by atoms with E-state index in [2.05, 4.69) is 20.2 Å². The number of fused-ring (bicyclic) bond motifs is 2. The molecule has 1 fully saturated rings. The molecule has 5 rings (SSSR count). The Bertz CT molecular complexity index is 1110. The maximum atomic E-state index is 12.5. The average Bonchev–Trinajstić information content (AvgIpc) is 3.35. The summed E-state index contributed by atoms with van der Waals surface area (Å²) >= 11 is 1.53. The van der Waals surface area contributed by atoms with Crippen LogP contribution >= 0.6 is 11.3 Å². The zero-order valence-electron chi connectivity index (χ0n) is 20.0. The Morgan fingerprint density at radius 1 is 1.03 bits per heavy atom. The van der Waals surface area contributed by atoms with Crippen molar-refractivity contribution in [1.29, 1.82) is 0 Å². The fourth-order valence-corrected chi connectivity index (χ4v) is 3.98. The van der Waals surface area contributed by atoms with Crippen LogP contribution in [0, 0.1) is 0 Å². The quantitative estimate of drug-likeness (QED) is 0.380. The first kappa shape index (κ1) is 28.3. The summed E-state index contributed by atoms with van der Waals surface area (Å²) in [6, 6.07) is 5.76. The van der Waals surface area contributed by atoms with E-state index in [0.717, 1.165) is 48.8 Å². The second kappa shape index (κ2) is 14.4. The summed E-state index contributed by atoms with van der Waals surface area (Å²) in [5.41, 5.74) is 1.04. The van der Waals surface area contributed by atoms with Gasteiger partial charge in [0.25, 0.3) is 0 Å². The topological polar surface area (TPSA) is 75.7 Å². The Morgan fingerprint density at radius 2 is 1.79 bits per heavy atom. The number of anilines is 1. The van der Waals surface area contributed by atoms with Gasteiger partial charge in [0.2, 0.25) is 5.71 Å². The van der Waals surface area contributed by atoms with E-state index in [4.69, 9.17) is 4.42 Å². The van der Waals surface area contributed by atoms with Gasteiger partial charge in [-0.2, -0.15) is 4.98 Å². The summed E-state index contributed by atoms with van der Waals surface area (Å²) in [6.07, 6.45) is 4.83. The highest BCUT2D eigenvalue weighted by Gasteiger charge is 2.15. The molecule has 0 aromatic carbocycles. The second-order valence-electron chi connectivity index (χ2n) is 6.32. The molecule has 4 aromatic heterocycles. The van der Waals surface area contributed by atoms with Gasteiger partial charge in [0.15, 0.2) is 4.96 Å². The molecule has 1 aliphatic heterocycles. The molecule has 182 valence electrons. The number of hydrogen-bond acceptors (Lipinski definition) is 7. The van der Waals surface area contributed by atoms with Gasteiger partial charge in [-0.1, -0.05) is 49.0 Å². The minimum Gasteiger partial charge on any atom is -0.403 e. The zero-order chi connectivity index (χ0) is 23.5. The van der Waals surface area contributed by atoms with Crippen molar-refractivity contribution in [2.45, 2.75) is 55.4 Å². The van der Waals surface area contributed by atoms with Crippen LogP contribution in [0.15, 0.2) is 45.2 Å². The van der Waals surface area contributed by atoms with Crippen LogP contribution in [0.4, 0.5) is 5.82 Å². The summed E-state index contributed by atoms with van der Waals surface area (Å²) in [4.78, 5) is 24.6. The highest BCUT2D eigenvalue weighted by Crippen LogP contribution is 2.24. The van der Waals surface area contributed by atoms with Crippen LogP contribution in [0.25, 0.3) is 27.3 Å². The lowest BCUT2D eigenvalue weighted by molar-refractivity contribution is 0.551. The molecule has 0 aliphatic carbocycles. The van der Waals surface area contributed by atoms with Gasteiger partial charge in [-0.05, 0) is 31.2 Å². The number of hydrogen-bond donors (Lipinski definition) is 1. The third-order valence-corrected chi connectivity index (χ3v) is 5.39. The van der Waals surface area contributed by atoms with Crippen LogP contribution in [0.1, 0.15) is 55.4 Å². The molecule has 0 spiro atoms. The lowest BCUT2D eigenvalue weighted by atomic mass is 10.2. The van der Waals surface area contributed by atoms with E-state index in [1.54, 1.807) is 0 Å². The molecule has 5 heterocycles. The van der Waals surface area contributed by atoms with Crippen LogP contribution in [0.2, 0.25) is 0 Å². The van der Waals surface area contributed by atoms with Gasteiger partial charge in [-0.25, -0.2) is 9.78 Å². The van der Waals surface area contributed by atoms with Crippen molar-refractivity contribution in [1.82, 2.24) is 19.7 Å². The van der Waals surface area contributed by atoms with E-state index >= 15 is 0 Å². The van der Waals surface area contributed by atoms with Crippen LogP contribution < -0.4 is 15.8 Å². The monoisotopic (exact) mass is 473 g/mol. The van der Waals surface area contributed by atoms with Crippen molar-refractivity contribution >= 4 is 33.2 Å². The van der Waals surface area contributed by atoms with Crippen LogP contribution in [0.3, 0.4) is 0 Å². The third kappa shape index (κ3) is 6.65. The molecule has 1 aliphatic rings. The lowest BCUT2D eigenvalue weighted by Gasteiger charge is -2.20. The van der Waals surface area contributed by atoms with Crippen molar-refractivity contribution in [2.24, 2.45) is 0 Å². The number of nitrogens with one attached hydrogen (secondary N) is 1. The summed E-state index contributed by atoms with van der Waals surface area (Å²) in [7, 11) is 0. The van der Waals surface area contributed by atoms with Crippen molar-refractivity contribution in [3.05, 3.63) is 46.4 Å². The maximum absolute atomic E-state index is 12.5. The van der Waals surface area contributed by atoms with Gasteiger partial charge in [-0.3, -0.25) is 4.40 Å². The van der Waals surface area contributed by atoms with E-state index < -0.39 is 5.63 Å². The van der Waals surface area contributed by atoms with E-state index in [1.165, 1.54) is 11.3 Å². The third-order valence-electron chi connectivity index (χ3n) is 4.62. The molecule has 8 heteroatoms. The molecule has 1 saturated heterocycles. The Hall–Kier alpha value is -2.71. The molecular formula is C25H39N5O2S. The molecule has 7 nitrogen and oxygen atoms in total. The molecule has 4 aromatic rings. The number of pyridine rings is 1. The average molecular weight is 474 g/mol. The molecule has 0 amide bonds. The lowest BCUT2D eigenvalue weighted by Crippen LogP contribution is -2.28. The first-order valence-corrected chi connectivity index (χ1v) is 12.5. The molecule has 1 N–H and O–H groups in total. The summed E-state index contributed by atoms with van der Waals surface area (Å²) in [6.45, 7) is 15.8. The molecule has 0 unspecified atom stereocenters. The zero-order valence-corrected chi connectivity index (χ0v) is 20.8. The van der Waals surface area contributed by atoms with Crippen LogP contribution in [-0.4, -0.2) is 40.5 Å². The minimum atomic E-state index is -0.412. The highest BCUT2D eigenvalue weighted by molar-refractivity contribution is 7.15. The van der Waals surface area contributed by atoms with Crippen molar-refractivity contribution in [3.63, 3.8) is 0 Å². The maximum Gasteiger partial charge on any atom is 0.347 e. The van der Waals surface area contributed by atoms with Crippen molar-refractivity contribution in [3.8, 4) is 11.3 Å². The smallest absolute Gasteiger partial charge is 0.347 e. The van der Waals surface area contributed by atoms with Gasteiger partial charge >= 0.3 is 5.63 Å². The first-order chi connectivity index (χ1) is 15.8. The predicted octanol–water partition coefficient (Wildman–Crippen LogP) is 6.08. The van der Waals surface area contributed by atoms with E-state index in [1.807, 2.05) is 81.9 Å². The van der Waals surface area contributed by atoms with Crippen LogP contribution in [-0.2, 0) is 0 Å². The van der Waals surface area contributed by atoms with Gasteiger partial charge in [-0.15, -0.1) is 11.3 Å². The SMILES string of the molecule is C.CC.CC.CC.O=c1oc2nc(N3CCCNCC3)ccc2cc1-c1cn2ccsc2n1. The standard InChI is InChI=1S/C18H17N5O2S.3C2H6.CH4/c24-17-13(14-11-23-8-9-26-18(23)20-14)10-12-2-3-15(21-16(12)25-17)22-6-1-4-19-5-7-22;3*1-2;/h2-3,8-11,19H,1,4-7H2;3*1-2H3;1H4. The number of imidazole rings is 1. The molecular weight excluding hydrogens is 434 g/mol. The number of rotatable bonds is 2. The fraction of sp³-hybridized carbons (Fsp3) is 0.480. The highest BCUT2D eigenvalue weighted by atomic mass is 32.1. The second-order valence-corrected chi connectivity index (χ2v) is 7.19. The largest absolute Gasteiger partial charge is 0.403 e. The van der Waals surface area contributed by atoms with Gasteiger partial charge < -0.3 is 14.6 Å². The summed E-state index contributed by atoms with van der Waals surface area (Å²) in [5, 5.41) is 6.13. The molecule has 0 saturated carbocycles. The van der Waals surface area contributed by atoms with E-state index in [9.17, 15) is 4.79 Å².